The van der Waals surface area contributed by atoms with Gasteiger partial charge in [-0.1, -0.05) is 0 Å². The molecule has 1 aromatic carbocycles. The van der Waals surface area contributed by atoms with E-state index in [1.54, 1.807) is 29.9 Å². The molecule has 136 valence electrons. The van der Waals surface area contributed by atoms with E-state index >= 15 is 0 Å². The number of aromatic nitrogens is 2. The predicted octanol–water partition coefficient (Wildman–Crippen LogP) is 2.87. The predicted molar refractivity (Wildman–Crippen MR) is 93.5 cm³/mol. The van der Waals surface area contributed by atoms with Crippen LogP contribution in [0.4, 0.5) is 8.78 Å². The molecule has 2 rings (SSSR count). The van der Waals surface area contributed by atoms with E-state index in [0.29, 0.717) is 18.7 Å². The third-order valence-electron chi connectivity index (χ3n) is 3.86. The number of carbonyl (C=O) groups excluding carboxylic acids is 1. The van der Waals surface area contributed by atoms with Gasteiger partial charge in [-0.05, 0) is 40.0 Å². The Kier molecular flexibility index (Phi) is 5.57. The topological polar surface area (TPSA) is 50.2 Å². The number of benzene rings is 1. The molecular formula is C18H24F2N4O. The number of hydrogen-bond donors (Lipinski definition) is 1. The molecule has 0 bridgehead atoms. The van der Waals surface area contributed by atoms with Crippen molar-refractivity contribution >= 4 is 5.91 Å². The summed E-state index contributed by atoms with van der Waals surface area (Å²) in [6.45, 7) is 6.94. The first kappa shape index (κ1) is 19.1. The Morgan fingerprint density at radius 1 is 1.32 bits per heavy atom. The normalized spacial score (nSPS) is 11.6. The lowest BCUT2D eigenvalue weighted by Gasteiger charge is -2.19. The lowest BCUT2D eigenvalue weighted by Crippen LogP contribution is -2.33. The van der Waals surface area contributed by atoms with Gasteiger partial charge in [-0.25, -0.2) is 8.78 Å². The van der Waals surface area contributed by atoms with Crippen LogP contribution in [-0.4, -0.2) is 47.8 Å². The molecule has 1 aromatic heterocycles. The third kappa shape index (κ3) is 4.22. The molecule has 0 radical (unpaired) electrons. The fourth-order valence-corrected chi connectivity index (χ4v) is 2.34. The molecule has 0 unspecified atom stereocenters. The van der Waals surface area contributed by atoms with Gasteiger partial charge in [0.1, 0.15) is 17.3 Å². The minimum absolute atomic E-state index is 0.106. The van der Waals surface area contributed by atoms with Gasteiger partial charge in [0.05, 0.1) is 11.1 Å². The first-order chi connectivity index (χ1) is 11.6. The van der Waals surface area contributed by atoms with Crippen molar-refractivity contribution in [3.8, 4) is 11.3 Å². The number of likely N-dealkylation sites (N-methyl/N-ethyl adjacent to an activating group) is 2. The largest absolute Gasteiger partial charge is 0.340 e. The summed E-state index contributed by atoms with van der Waals surface area (Å²) in [4.78, 5) is 14.4. The lowest BCUT2D eigenvalue weighted by atomic mass is 10.1. The van der Waals surface area contributed by atoms with Crippen molar-refractivity contribution in [1.82, 2.24) is 20.0 Å². The zero-order valence-corrected chi connectivity index (χ0v) is 15.2. The molecule has 1 amide bonds. The van der Waals surface area contributed by atoms with Crippen molar-refractivity contribution in [1.29, 1.82) is 0 Å². The molecule has 0 saturated carbocycles. The van der Waals surface area contributed by atoms with Crippen LogP contribution in [0, 0.1) is 11.6 Å². The highest BCUT2D eigenvalue weighted by molar-refractivity contribution is 5.99. The summed E-state index contributed by atoms with van der Waals surface area (Å²) in [5, 5.41) is 7.40. The van der Waals surface area contributed by atoms with Crippen LogP contribution in [0.3, 0.4) is 0 Å². The van der Waals surface area contributed by atoms with Gasteiger partial charge in [0.25, 0.3) is 5.91 Å². The van der Waals surface area contributed by atoms with Crippen molar-refractivity contribution in [2.75, 3.05) is 27.2 Å². The molecular weight excluding hydrogens is 326 g/mol. The number of nitrogens with zero attached hydrogens (tertiary/aromatic N) is 3. The molecule has 0 saturated heterocycles. The van der Waals surface area contributed by atoms with Gasteiger partial charge >= 0.3 is 0 Å². The van der Waals surface area contributed by atoms with Crippen LogP contribution in [0.25, 0.3) is 11.3 Å². The van der Waals surface area contributed by atoms with Gasteiger partial charge in [-0.3, -0.25) is 9.48 Å². The Labute approximate surface area is 146 Å². The van der Waals surface area contributed by atoms with Crippen LogP contribution in [0.5, 0.6) is 0 Å². The number of carbonyl (C=O) groups is 1. The highest BCUT2D eigenvalue weighted by Gasteiger charge is 2.26. The second kappa shape index (κ2) is 7.31. The zero-order valence-electron chi connectivity index (χ0n) is 15.2. The molecule has 0 aliphatic rings. The highest BCUT2D eigenvalue weighted by Crippen LogP contribution is 2.28. The minimum Gasteiger partial charge on any atom is -0.340 e. The highest BCUT2D eigenvalue weighted by atomic mass is 19.1. The molecule has 7 heteroatoms. The van der Waals surface area contributed by atoms with E-state index in [1.807, 2.05) is 20.8 Å². The van der Waals surface area contributed by atoms with Crippen LogP contribution >= 0.6 is 0 Å². The molecule has 1 heterocycles. The van der Waals surface area contributed by atoms with E-state index in [2.05, 4.69) is 10.4 Å². The number of halogens is 2. The molecule has 2 aromatic rings. The maximum absolute atomic E-state index is 14.3. The Morgan fingerprint density at radius 2 is 2.00 bits per heavy atom. The average molecular weight is 350 g/mol. The van der Waals surface area contributed by atoms with Gasteiger partial charge in [-0.15, -0.1) is 0 Å². The molecule has 0 atom stereocenters. The van der Waals surface area contributed by atoms with E-state index in [0.717, 1.165) is 12.1 Å². The second-order valence-electron chi connectivity index (χ2n) is 6.96. The Morgan fingerprint density at radius 3 is 2.56 bits per heavy atom. The van der Waals surface area contributed by atoms with Crippen molar-refractivity contribution < 1.29 is 13.6 Å². The fourth-order valence-electron chi connectivity index (χ4n) is 2.34. The van der Waals surface area contributed by atoms with Gasteiger partial charge in [-0.2, -0.15) is 5.10 Å². The molecule has 0 spiro atoms. The molecule has 0 aliphatic carbocycles. The van der Waals surface area contributed by atoms with Gasteiger partial charge < -0.3 is 10.2 Å². The van der Waals surface area contributed by atoms with E-state index < -0.39 is 11.6 Å². The van der Waals surface area contributed by atoms with Gasteiger partial charge in [0.15, 0.2) is 0 Å². The monoisotopic (exact) mass is 350 g/mol. The van der Waals surface area contributed by atoms with Crippen LogP contribution in [0.2, 0.25) is 0 Å². The maximum Gasteiger partial charge on any atom is 0.257 e. The van der Waals surface area contributed by atoms with Crippen LogP contribution < -0.4 is 5.32 Å². The summed E-state index contributed by atoms with van der Waals surface area (Å²) >= 11 is 0. The maximum atomic E-state index is 14.3. The van der Waals surface area contributed by atoms with Crippen LogP contribution in [0.1, 0.15) is 31.1 Å². The fraction of sp³-hybridized carbons (Fsp3) is 0.444. The molecule has 1 N–H and O–H groups in total. The summed E-state index contributed by atoms with van der Waals surface area (Å²) in [7, 11) is 3.48. The molecule has 5 nitrogen and oxygen atoms in total. The van der Waals surface area contributed by atoms with Gasteiger partial charge in [0, 0.05) is 38.0 Å². The van der Waals surface area contributed by atoms with Crippen LogP contribution in [0.15, 0.2) is 24.4 Å². The summed E-state index contributed by atoms with van der Waals surface area (Å²) in [5.74, 6) is -1.67. The summed E-state index contributed by atoms with van der Waals surface area (Å²) in [5.41, 5.74) is 0.232. The van der Waals surface area contributed by atoms with E-state index in [-0.39, 0.29) is 22.7 Å². The summed E-state index contributed by atoms with van der Waals surface area (Å²) in [6, 6.07) is 3.27. The van der Waals surface area contributed by atoms with E-state index in [1.165, 1.54) is 6.07 Å². The molecule has 0 aliphatic heterocycles. The van der Waals surface area contributed by atoms with Crippen molar-refractivity contribution in [3.63, 3.8) is 0 Å². The number of nitrogens with one attached hydrogen (secondary N) is 1. The zero-order chi connectivity index (χ0) is 18.8. The number of rotatable bonds is 5. The Hall–Kier alpha value is -2.28. The quantitative estimate of drug-likeness (QED) is 0.902. The van der Waals surface area contributed by atoms with E-state index in [9.17, 15) is 13.6 Å². The molecule has 25 heavy (non-hydrogen) atoms. The van der Waals surface area contributed by atoms with E-state index in [4.69, 9.17) is 0 Å². The Bertz CT molecular complexity index is 765. The number of hydrogen-bond acceptors (Lipinski definition) is 3. The third-order valence-corrected chi connectivity index (χ3v) is 3.86. The first-order valence-electron chi connectivity index (χ1n) is 8.10. The summed E-state index contributed by atoms with van der Waals surface area (Å²) in [6.07, 6.45) is 1.62. The first-order valence-corrected chi connectivity index (χ1v) is 8.10. The minimum atomic E-state index is -0.744. The average Bonchev–Trinajstić information content (AvgIpc) is 2.97. The van der Waals surface area contributed by atoms with Crippen molar-refractivity contribution in [2.45, 2.75) is 26.3 Å². The summed E-state index contributed by atoms with van der Waals surface area (Å²) < 4.78 is 29.1. The molecule has 0 fully saturated rings. The number of amides is 1. The van der Waals surface area contributed by atoms with Crippen molar-refractivity contribution in [2.24, 2.45) is 0 Å². The van der Waals surface area contributed by atoms with Crippen molar-refractivity contribution in [3.05, 3.63) is 41.6 Å². The van der Waals surface area contributed by atoms with Gasteiger partial charge in [0.2, 0.25) is 0 Å². The lowest BCUT2D eigenvalue weighted by molar-refractivity contribution is 0.0797. The standard InChI is InChI=1S/C18H24F2N4O/c1-18(2,3)24-11-14(17(25)23(5)9-8-21-4)16(22-24)13-7-6-12(19)10-15(13)20/h6-7,10-11,21H,8-9H2,1-5H3. The second-order valence-corrected chi connectivity index (χ2v) is 6.96. The Balaban J connectivity index is 2.54. The SMILES string of the molecule is CNCCN(C)C(=O)c1cn(C(C)(C)C)nc1-c1ccc(F)cc1F. The smallest absolute Gasteiger partial charge is 0.257 e. The van der Waals surface area contributed by atoms with Crippen LogP contribution in [-0.2, 0) is 5.54 Å².